The van der Waals surface area contributed by atoms with Gasteiger partial charge in [0.1, 0.15) is 24.0 Å². The average Bonchev–Trinajstić information content (AvgIpc) is 3.22. The first-order valence-electron chi connectivity index (χ1n) is 11.4. The number of fused-ring (bicyclic) bond motifs is 3. The molecule has 0 N–H and O–H groups in total. The summed E-state index contributed by atoms with van der Waals surface area (Å²) in [6.45, 7) is 3.59. The highest BCUT2D eigenvalue weighted by atomic mass is 35.5. The Morgan fingerprint density at radius 1 is 1.00 bits per heavy atom. The molecule has 2 aliphatic rings. The maximum atomic E-state index is 13.4. The predicted octanol–water partition coefficient (Wildman–Crippen LogP) is 5.64. The minimum atomic E-state index is -0.183. The van der Waals surface area contributed by atoms with Crippen LogP contribution in [0.4, 0.5) is 0 Å². The van der Waals surface area contributed by atoms with Crippen molar-refractivity contribution in [2.75, 3.05) is 28.1 Å². The van der Waals surface area contributed by atoms with E-state index in [9.17, 15) is 4.79 Å². The monoisotopic (exact) mass is 507 g/mol. The Hall–Kier alpha value is -3.68. The lowest BCUT2D eigenvalue weighted by molar-refractivity contribution is 0.0872. The van der Waals surface area contributed by atoms with Crippen molar-refractivity contribution in [2.24, 2.45) is 0 Å². The molecule has 5 rings (SSSR count). The fourth-order valence-corrected chi connectivity index (χ4v) is 4.66. The number of aryl methyl sites for hydroxylation is 1. The van der Waals surface area contributed by atoms with Gasteiger partial charge in [0.25, 0.3) is 0 Å². The van der Waals surface area contributed by atoms with Gasteiger partial charge >= 0.3 is 0 Å². The number of rotatable bonds is 6. The molecule has 0 spiro atoms. The third-order valence-corrected chi connectivity index (χ3v) is 6.58. The van der Waals surface area contributed by atoms with Gasteiger partial charge in [0.15, 0.2) is 17.3 Å². The number of ketones is 1. The SMILES string of the molecule is COc1cc(OC)c(OC)cc1/C=C1\Oc2c3c(cc(C)c2C1=O)OCN(Cc1ccc(Cl)cc1)C3. The lowest BCUT2D eigenvalue weighted by Crippen LogP contribution is -2.31. The van der Waals surface area contributed by atoms with Gasteiger partial charge < -0.3 is 23.7 Å². The first-order chi connectivity index (χ1) is 17.4. The van der Waals surface area contributed by atoms with Crippen molar-refractivity contribution >= 4 is 23.5 Å². The fraction of sp³-hybridized carbons (Fsp3) is 0.250. The maximum absolute atomic E-state index is 13.4. The van der Waals surface area contributed by atoms with Gasteiger partial charge in [0, 0.05) is 29.7 Å². The standard InChI is InChI=1S/C28H26ClNO6/c1-16-9-22-20(14-30(15-35-22)13-17-5-7-19(29)8-6-17)28-26(16)27(31)25(36-28)11-18-10-23(33-3)24(34-4)12-21(18)32-2/h5-12H,13-15H2,1-4H3/b25-11-. The van der Waals surface area contributed by atoms with Crippen molar-refractivity contribution in [2.45, 2.75) is 20.0 Å². The summed E-state index contributed by atoms with van der Waals surface area (Å²) < 4.78 is 28.6. The molecule has 0 saturated carbocycles. The third-order valence-electron chi connectivity index (χ3n) is 6.33. The highest BCUT2D eigenvalue weighted by Crippen LogP contribution is 2.45. The van der Waals surface area contributed by atoms with E-state index in [1.807, 2.05) is 37.3 Å². The third kappa shape index (κ3) is 4.36. The molecule has 36 heavy (non-hydrogen) atoms. The molecular formula is C28H26ClNO6. The van der Waals surface area contributed by atoms with E-state index >= 15 is 0 Å². The van der Waals surface area contributed by atoms with Gasteiger partial charge in [-0.3, -0.25) is 9.69 Å². The Morgan fingerprint density at radius 3 is 2.39 bits per heavy atom. The second-order valence-electron chi connectivity index (χ2n) is 8.65. The van der Waals surface area contributed by atoms with E-state index in [0.29, 0.717) is 59.0 Å². The van der Waals surface area contributed by atoms with Crippen LogP contribution in [0.1, 0.15) is 32.6 Å². The summed E-state index contributed by atoms with van der Waals surface area (Å²) in [6, 6.07) is 13.1. The molecule has 0 saturated heterocycles. The lowest BCUT2D eigenvalue weighted by Gasteiger charge is -2.30. The number of hydrogen-bond acceptors (Lipinski definition) is 7. The Kier molecular flexibility index (Phi) is 6.51. The lowest BCUT2D eigenvalue weighted by atomic mass is 9.98. The van der Waals surface area contributed by atoms with E-state index in [4.69, 9.17) is 35.3 Å². The second kappa shape index (κ2) is 9.76. The number of ether oxygens (including phenoxy) is 5. The Balaban J connectivity index is 1.48. The van der Waals surface area contributed by atoms with Crippen LogP contribution in [-0.2, 0) is 13.1 Å². The normalized spacial score (nSPS) is 15.7. The zero-order valence-electron chi connectivity index (χ0n) is 20.5. The van der Waals surface area contributed by atoms with Crippen LogP contribution in [0.5, 0.6) is 28.7 Å². The minimum Gasteiger partial charge on any atom is -0.496 e. The van der Waals surface area contributed by atoms with Gasteiger partial charge in [-0.15, -0.1) is 0 Å². The van der Waals surface area contributed by atoms with Crippen molar-refractivity contribution in [3.63, 3.8) is 0 Å². The summed E-state index contributed by atoms with van der Waals surface area (Å²) in [5, 5.41) is 0.699. The second-order valence-corrected chi connectivity index (χ2v) is 9.09. The minimum absolute atomic E-state index is 0.183. The van der Waals surface area contributed by atoms with Crippen LogP contribution in [0.2, 0.25) is 5.02 Å². The van der Waals surface area contributed by atoms with Crippen molar-refractivity contribution in [1.82, 2.24) is 4.90 Å². The molecule has 0 amide bonds. The van der Waals surface area contributed by atoms with Crippen LogP contribution in [0.25, 0.3) is 6.08 Å². The zero-order chi connectivity index (χ0) is 25.4. The number of allylic oxidation sites excluding steroid dienone is 1. The van der Waals surface area contributed by atoms with Gasteiger partial charge in [0.2, 0.25) is 5.78 Å². The zero-order valence-corrected chi connectivity index (χ0v) is 21.3. The molecule has 8 heteroatoms. The molecule has 0 fully saturated rings. The molecule has 0 atom stereocenters. The van der Waals surface area contributed by atoms with Crippen LogP contribution >= 0.6 is 11.6 Å². The smallest absolute Gasteiger partial charge is 0.232 e. The molecule has 0 radical (unpaired) electrons. The summed E-state index contributed by atoms with van der Waals surface area (Å²) in [7, 11) is 4.67. The first-order valence-corrected chi connectivity index (χ1v) is 11.8. The van der Waals surface area contributed by atoms with Crippen LogP contribution in [0, 0.1) is 6.92 Å². The van der Waals surface area contributed by atoms with Crippen LogP contribution in [0.3, 0.4) is 0 Å². The molecule has 7 nitrogen and oxygen atoms in total. The molecule has 186 valence electrons. The number of benzene rings is 3. The summed E-state index contributed by atoms with van der Waals surface area (Å²) in [5.41, 5.74) is 3.97. The Morgan fingerprint density at radius 2 is 1.69 bits per heavy atom. The Labute approximate surface area is 214 Å². The van der Waals surface area contributed by atoms with Crippen molar-refractivity contribution < 1.29 is 28.5 Å². The van der Waals surface area contributed by atoms with Gasteiger partial charge in [-0.1, -0.05) is 23.7 Å². The summed E-state index contributed by atoms with van der Waals surface area (Å²) in [5.74, 6) is 2.88. The van der Waals surface area contributed by atoms with E-state index in [1.165, 1.54) is 0 Å². The van der Waals surface area contributed by atoms with Gasteiger partial charge in [0.05, 0.1) is 32.5 Å². The highest BCUT2D eigenvalue weighted by molar-refractivity contribution is 6.30. The number of methoxy groups -OCH3 is 3. The van der Waals surface area contributed by atoms with Crippen LogP contribution in [-0.4, -0.2) is 38.7 Å². The molecule has 0 unspecified atom stereocenters. The number of hydrogen-bond donors (Lipinski definition) is 0. The molecule has 2 aliphatic heterocycles. The van der Waals surface area contributed by atoms with Gasteiger partial charge in [-0.2, -0.15) is 0 Å². The van der Waals surface area contributed by atoms with Gasteiger partial charge in [-0.05, 0) is 48.4 Å². The van der Waals surface area contributed by atoms with Crippen molar-refractivity contribution in [3.8, 4) is 28.7 Å². The van der Waals surface area contributed by atoms with Crippen LogP contribution in [0.15, 0.2) is 48.2 Å². The molecule has 2 heterocycles. The fourth-order valence-electron chi connectivity index (χ4n) is 4.53. The van der Waals surface area contributed by atoms with Crippen LogP contribution < -0.4 is 23.7 Å². The van der Waals surface area contributed by atoms with Gasteiger partial charge in [-0.25, -0.2) is 0 Å². The number of halogens is 1. The molecular weight excluding hydrogens is 482 g/mol. The molecule has 3 aromatic rings. The predicted molar refractivity (Wildman–Crippen MR) is 136 cm³/mol. The number of carbonyl (C=O) groups excluding carboxylic acids is 1. The van der Waals surface area contributed by atoms with E-state index in [2.05, 4.69) is 4.90 Å². The van der Waals surface area contributed by atoms with E-state index in [-0.39, 0.29) is 11.5 Å². The first kappa shape index (κ1) is 24.0. The molecule has 0 aromatic heterocycles. The van der Waals surface area contributed by atoms with E-state index in [1.54, 1.807) is 39.5 Å². The molecule has 0 bridgehead atoms. The summed E-state index contributed by atoms with van der Waals surface area (Å²) in [4.78, 5) is 15.6. The molecule has 3 aromatic carbocycles. The summed E-state index contributed by atoms with van der Waals surface area (Å²) >= 11 is 6.02. The van der Waals surface area contributed by atoms with Crippen molar-refractivity contribution in [1.29, 1.82) is 0 Å². The maximum Gasteiger partial charge on any atom is 0.232 e. The quantitative estimate of drug-likeness (QED) is 0.400. The topological polar surface area (TPSA) is 66.5 Å². The number of Topliss-reactive ketones (excluding diaryl/α,β-unsaturated/α-hetero) is 1. The van der Waals surface area contributed by atoms with Crippen molar-refractivity contribution in [3.05, 3.63) is 81.1 Å². The Bertz CT molecular complexity index is 1370. The molecule has 0 aliphatic carbocycles. The number of nitrogens with zero attached hydrogens (tertiary/aromatic N) is 1. The largest absolute Gasteiger partial charge is 0.496 e. The summed E-state index contributed by atoms with van der Waals surface area (Å²) in [6.07, 6.45) is 1.67. The highest BCUT2D eigenvalue weighted by Gasteiger charge is 2.35. The average molecular weight is 508 g/mol. The van der Waals surface area contributed by atoms with E-state index in [0.717, 1.165) is 22.4 Å². The number of carbonyl (C=O) groups is 1. The van der Waals surface area contributed by atoms with E-state index < -0.39 is 0 Å².